The van der Waals surface area contributed by atoms with Gasteiger partial charge in [-0.05, 0) is 61.2 Å². The first kappa shape index (κ1) is 21.2. The lowest BCUT2D eigenvalue weighted by Crippen LogP contribution is -2.53. The summed E-state index contributed by atoms with van der Waals surface area (Å²) in [5.74, 6) is -0.931. The first-order chi connectivity index (χ1) is 15.8. The third-order valence-corrected chi connectivity index (χ3v) is 6.59. The highest BCUT2D eigenvalue weighted by Gasteiger charge is 2.57. The molecule has 0 N–H and O–H groups in total. The Morgan fingerprint density at radius 1 is 0.879 bits per heavy atom. The van der Waals surface area contributed by atoms with Crippen LogP contribution >= 0.6 is 0 Å². The van der Waals surface area contributed by atoms with Crippen molar-refractivity contribution in [2.75, 3.05) is 16.3 Å². The molecule has 0 fully saturated rings. The number of amides is 2. The zero-order valence-corrected chi connectivity index (χ0v) is 17.9. The van der Waals surface area contributed by atoms with E-state index in [9.17, 15) is 22.8 Å². The van der Waals surface area contributed by atoms with Crippen LogP contribution in [-0.4, -0.2) is 18.4 Å². The third kappa shape index (κ3) is 3.06. The van der Waals surface area contributed by atoms with Gasteiger partial charge in [-0.2, -0.15) is 13.2 Å². The van der Waals surface area contributed by atoms with E-state index in [1.807, 2.05) is 12.1 Å². The lowest BCUT2D eigenvalue weighted by atomic mass is 9.79. The molecule has 1 aliphatic heterocycles. The smallest absolute Gasteiger partial charge is 0.309 e. The van der Waals surface area contributed by atoms with Crippen LogP contribution in [0.1, 0.15) is 30.0 Å². The summed E-state index contributed by atoms with van der Waals surface area (Å²) in [5, 5.41) is 0. The van der Waals surface area contributed by atoms with Crippen LogP contribution in [0, 0.1) is 0 Å². The zero-order valence-electron chi connectivity index (χ0n) is 17.9. The minimum absolute atomic E-state index is 0.0532. The first-order valence-electron chi connectivity index (χ1n) is 10.8. The van der Waals surface area contributed by atoms with Gasteiger partial charge in [0.1, 0.15) is 0 Å². The van der Waals surface area contributed by atoms with E-state index in [-0.39, 0.29) is 24.3 Å². The van der Waals surface area contributed by atoms with Gasteiger partial charge in [-0.1, -0.05) is 42.5 Å². The highest BCUT2D eigenvalue weighted by molar-refractivity contribution is 6.27. The van der Waals surface area contributed by atoms with Crippen LogP contribution in [0.4, 0.5) is 30.2 Å². The van der Waals surface area contributed by atoms with E-state index < -0.39 is 29.0 Å². The number of benzene rings is 3. The Kier molecular flexibility index (Phi) is 4.81. The number of hydrogen-bond acceptors (Lipinski definition) is 2. The lowest BCUT2D eigenvalue weighted by molar-refractivity contribution is -0.138. The molecule has 0 saturated carbocycles. The van der Waals surface area contributed by atoms with Gasteiger partial charge in [0.25, 0.3) is 5.91 Å². The van der Waals surface area contributed by atoms with Crippen LogP contribution in [0.5, 0.6) is 0 Å². The summed E-state index contributed by atoms with van der Waals surface area (Å²) in [5.41, 5.74) is -0.0847. The average Bonchev–Trinajstić information content (AvgIpc) is 3.18. The largest absolute Gasteiger partial charge is 0.416 e. The molecule has 0 saturated heterocycles. The minimum atomic E-state index is -4.59. The molecule has 0 radical (unpaired) electrons. The molecule has 5 rings (SSSR count). The quantitative estimate of drug-likeness (QED) is 0.476. The standard InChI is InChI=1S/C26H21F3N2O2/c1-2-30-21-13-12-18(26(27,28)29)16-22(21)31(19-9-4-3-5-10-19)24(33)25(23(30)32)15-14-17-8-6-7-11-20(17)25/h3-13,16H,2,14-15H2,1H3. The molecular weight excluding hydrogens is 429 g/mol. The summed E-state index contributed by atoms with van der Waals surface area (Å²) in [4.78, 5) is 31.1. The topological polar surface area (TPSA) is 40.6 Å². The van der Waals surface area contributed by atoms with Crippen molar-refractivity contribution < 1.29 is 22.8 Å². The third-order valence-electron chi connectivity index (χ3n) is 6.59. The van der Waals surface area contributed by atoms with E-state index in [1.54, 1.807) is 49.4 Å². The van der Waals surface area contributed by atoms with Crippen LogP contribution in [-0.2, 0) is 27.6 Å². The summed E-state index contributed by atoms with van der Waals surface area (Å²) in [6, 6.07) is 19.1. The maximum atomic E-state index is 14.3. The van der Waals surface area contributed by atoms with E-state index in [4.69, 9.17) is 0 Å². The molecule has 2 aliphatic rings. The molecule has 7 heteroatoms. The maximum absolute atomic E-state index is 14.3. The van der Waals surface area contributed by atoms with Gasteiger partial charge < -0.3 is 4.90 Å². The SMILES string of the molecule is CCN1C(=O)C2(CCc3ccccc32)C(=O)N(c2ccccc2)c2cc(C(F)(F)F)ccc21. The lowest BCUT2D eigenvalue weighted by Gasteiger charge is -2.32. The second kappa shape index (κ2) is 7.47. The predicted molar refractivity (Wildman–Crippen MR) is 120 cm³/mol. The van der Waals surface area contributed by atoms with E-state index in [2.05, 4.69) is 0 Å². The number of likely N-dealkylation sites (N-methyl/N-ethyl adjacent to an activating group) is 1. The van der Waals surface area contributed by atoms with Gasteiger partial charge in [0.15, 0.2) is 5.41 Å². The summed E-state index contributed by atoms with van der Waals surface area (Å²) in [6.07, 6.45) is -3.78. The number of carbonyl (C=O) groups is 2. The fraction of sp³-hybridized carbons (Fsp3) is 0.231. The van der Waals surface area contributed by atoms with Gasteiger partial charge in [0.05, 0.1) is 16.9 Å². The number of carbonyl (C=O) groups excluding carboxylic acids is 2. The molecule has 33 heavy (non-hydrogen) atoms. The number of alkyl halides is 3. The van der Waals surface area contributed by atoms with Crippen molar-refractivity contribution in [3.63, 3.8) is 0 Å². The molecule has 2 amide bonds. The Morgan fingerprint density at radius 2 is 1.58 bits per heavy atom. The highest BCUT2D eigenvalue weighted by atomic mass is 19.4. The average molecular weight is 450 g/mol. The fourth-order valence-corrected chi connectivity index (χ4v) is 5.04. The van der Waals surface area contributed by atoms with Gasteiger partial charge in [-0.3, -0.25) is 14.5 Å². The Balaban J connectivity index is 1.84. The number of nitrogens with zero attached hydrogens (tertiary/aromatic N) is 2. The van der Waals surface area contributed by atoms with Crippen molar-refractivity contribution in [2.24, 2.45) is 0 Å². The number of rotatable bonds is 2. The Morgan fingerprint density at radius 3 is 2.27 bits per heavy atom. The Hall–Kier alpha value is -3.61. The van der Waals surface area contributed by atoms with E-state index in [1.165, 1.54) is 15.9 Å². The van der Waals surface area contributed by atoms with Gasteiger partial charge in [0, 0.05) is 12.2 Å². The van der Waals surface area contributed by atoms with Crippen LogP contribution in [0.3, 0.4) is 0 Å². The molecule has 1 aliphatic carbocycles. The first-order valence-corrected chi connectivity index (χ1v) is 10.8. The number of para-hydroxylation sites is 1. The van der Waals surface area contributed by atoms with Crippen molar-refractivity contribution >= 4 is 28.9 Å². The van der Waals surface area contributed by atoms with Gasteiger partial charge in [-0.25, -0.2) is 0 Å². The summed E-state index contributed by atoms with van der Waals surface area (Å²) in [6.45, 7) is 1.98. The van der Waals surface area contributed by atoms with E-state index >= 15 is 0 Å². The maximum Gasteiger partial charge on any atom is 0.416 e. The molecule has 168 valence electrons. The van der Waals surface area contributed by atoms with Crippen molar-refractivity contribution in [3.05, 3.63) is 89.5 Å². The summed E-state index contributed by atoms with van der Waals surface area (Å²) < 4.78 is 40.9. The normalized spacial score (nSPS) is 20.1. The molecule has 0 bridgehead atoms. The number of anilines is 3. The molecule has 1 atom stereocenters. The number of aryl methyl sites for hydroxylation is 1. The van der Waals surface area contributed by atoms with Crippen LogP contribution in [0.25, 0.3) is 0 Å². The van der Waals surface area contributed by atoms with Gasteiger partial charge in [-0.15, -0.1) is 0 Å². The zero-order chi connectivity index (χ0) is 23.4. The molecule has 0 aromatic heterocycles. The van der Waals surface area contributed by atoms with Crippen LogP contribution in [0.15, 0.2) is 72.8 Å². The Bertz CT molecular complexity index is 1260. The van der Waals surface area contributed by atoms with Crippen LogP contribution < -0.4 is 9.80 Å². The van der Waals surface area contributed by atoms with Gasteiger partial charge in [0.2, 0.25) is 5.91 Å². The van der Waals surface area contributed by atoms with Crippen LogP contribution in [0.2, 0.25) is 0 Å². The molecule has 3 aromatic carbocycles. The predicted octanol–water partition coefficient (Wildman–Crippen LogP) is 5.62. The Labute approximate surface area is 189 Å². The molecule has 1 heterocycles. The van der Waals surface area contributed by atoms with Crippen molar-refractivity contribution in [2.45, 2.75) is 31.4 Å². The van der Waals surface area contributed by atoms with Crippen molar-refractivity contribution in [3.8, 4) is 0 Å². The fourth-order valence-electron chi connectivity index (χ4n) is 5.04. The number of halogens is 3. The van der Waals surface area contributed by atoms with Crippen molar-refractivity contribution in [1.29, 1.82) is 0 Å². The van der Waals surface area contributed by atoms with Crippen molar-refractivity contribution in [1.82, 2.24) is 0 Å². The molecule has 1 spiro atoms. The second-order valence-corrected chi connectivity index (χ2v) is 8.29. The number of fused-ring (bicyclic) bond motifs is 3. The molecule has 4 nitrogen and oxygen atoms in total. The minimum Gasteiger partial charge on any atom is -0.309 e. The summed E-state index contributed by atoms with van der Waals surface area (Å²) in [7, 11) is 0. The highest BCUT2D eigenvalue weighted by Crippen LogP contribution is 2.50. The number of hydrogen-bond donors (Lipinski definition) is 0. The molecular formula is C26H21F3N2O2. The second-order valence-electron chi connectivity index (χ2n) is 8.29. The monoisotopic (exact) mass is 450 g/mol. The van der Waals surface area contributed by atoms with E-state index in [0.29, 0.717) is 17.7 Å². The molecule has 1 unspecified atom stereocenters. The van der Waals surface area contributed by atoms with Gasteiger partial charge >= 0.3 is 6.18 Å². The molecule has 3 aromatic rings. The van der Waals surface area contributed by atoms with E-state index in [0.717, 1.165) is 17.7 Å². The summed E-state index contributed by atoms with van der Waals surface area (Å²) >= 11 is 0.